The molecule has 0 aliphatic carbocycles. The van der Waals surface area contributed by atoms with Crippen LogP contribution in [0.1, 0.15) is 74.1 Å². The Morgan fingerprint density at radius 3 is 2.05 bits per heavy atom. The maximum absolute atomic E-state index is 5.49. The molecule has 0 radical (unpaired) electrons. The van der Waals surface area contributed by atoms with Crippen LogP contribution in [0.15, 0.2) is 23.8 Å². The van der Waals surface area contributed by atoms with Crippen LogP contribution < -0.4 is 5.73 Å². The van der Waals surface area contributed by atoms with Crippen molar-refractivity contribution < 1.29 is 0 Å². The van der Waals surface area contributed by atoms with Gasteiger partial charge in [-0.3, -0.25) is 0 Å². The molecule has 0 saturated carbocycles. The van der Waals surface area contributed by atoms with Gasteiger partial charge in [-0.25, -0.2) is 0 Å². The highest BCUT2D eigenvalue weighted by Gasteiger charge is 2.16. The van der Waals surface area contributed by atoms with Crippen LogP contribution in [0.4, 0.5) is 0 Å². The molecule has 2 N–H and O–H groups in total. The SMILES string of the molecule is C/C=C\C=C(\C)CCl.CCCC(C)(C)CCC(C)C.CN. The maximum Gasteiger partial charge on any atom is 0.0433 e. The highest BCUT2D eigenvalue weighted by Crippen LogP contribution is 2.29. The fourth-order valence-corrected chi connectivity index (χ4v) is 1.88. The molecular weight excluding hydrogens is 278 g/mol. The zero-order valence-corrected chi connectivity index (χ0v) is 16.6. The van der Waals surface area contributed by atoms with Gasteiger partial charge in [-0.2, -0.15) is 0 Å². The number of halogens is 1. The zero-order valence-electron chi connectivity index (χ0n) is 15.8. The molecule has 0 aliphatic rings. The van der Waals surface area contributed by atoms with E-state index in [0.717, 1.165) is 5.92 Å². The second-order valence-corrected chi connectivity index (χ2v) is 6.79. The topological polar surface area (TPSA) is 26.0 Å². The van der Waals surface area contributed by atoms with Crippen molar-refractivity contribution in [3.63, 3.8) is 0 Å². The van der Waals surface area contributed by atoms with Gasteiger partial charge in [0, 0.05) is 5.88 Å². The number of rotatable bonds is 7. The van der Waals surface area contributed by atoms with Gasteiger partial charge in [0.25, 0.3) is 0 Å². The minimum absolute atomic E-state index is 0.582. The van der Waals surface area contributed by atoms with Crippen molar-refractivity contribution in [2.45, 2.75) is 74.1 Å². The van der Waals surface area contributed by atoms with Gasteiger partial charge in [0.15, 0.2) is 0 Å². The van der Waals surface area contributed by atoms with E-state index in [-0.39, 0.29) is 0 Å². The molecule has 0 heterocycles. The normalized spacial score (nSPS) is 11.9. The summed E-state index contributed by atoms with van der Waals surface area (Å²) in [4.78, 5) is 0. The highest BCUT2D eigenvalue weighted by atomic mass is 35.5. The first kappa shape index (κ1) is 25.7. The number of alkyl halides is 1. The molecule has 0 amide bonds. The standard InChI is InChI=1S/C11H24.C7H11Cl.CH5N/c1-6-8-11(4,5)9-7-10(2)3;1-3-4-5-7(2)6-8;1-2/h10H,6-9H2,1-5H3;3-5H,6H2,1-2H3;2H2,1H3/b;4-3-,7-5-;. The minimum Gasteiger partial charge on any atom is -0.333 e. The third kappa shape index (κ3) is 25.1. The molecule has 21 heavy (non-hydrogen) atoms. The van der Waals surface area contributed by atoms with E-state index in [1.54, 1.807) is 0 Å². The second-order valence-electron chi connectivity index (χ2n) is 6.52. The van der Waals surface area contributed by atoms with Gasteiger partial charge in [0.05, 0.1) is 0 Å². The summed E-state index contributed by atoms with van der Waals surface area (Å²) in [6.45, 7) is 15.7. The number of nitrogens with two attached hydrogens (primary N) is 1. The van der Waals surface area contributed by atoms with Gasteiger partial charge in [0.2, 0.25) is 0 Å². The van der Waals surface area contributed by atoms with Crippen LogP contribution in [0, 0.1) is 11.3 Å². The zero-order chi connectivity index (χ0) is 17.3. The molecule has 0 spiro atoms. The molecule has 2 heteroatoms. The lowest BCUT2D eigenvalue weighted by Crippen LogP contribution is -2.11. The van der Waals surface area contributed by atoms with Crippen molar-refractivity contribution in [1.29, 1.82) is 0 Å². The molecule has 0 aromatic rings. The molecule has 0 bridgehead atoms. The quantitative estimate of drug-likeness (QED) is 0.417. The van der Waals surface area contributed by atoms with Crippen molar-refractivity contribution in [3.05, 3.63) is 23.8 Å². The lowest BCUT2D eigenvalue weighted by atomic mass is 9.82. The Morgan fingerprint density at radius 1 is 1.19 bits per heavy atom. The third-order valence-corrected chi connectivity index (χ3v) is 3.53. The van der Waals surface area contributed by atoms with Crippen LogP contribution in [-0.4, -0.2) is 12.9 Å². The van der Waals surface area contributed by atoms with Gasteiger partial charge >= 0.3 is 0 Å². The molecule has 0 atom stereocenters. The molecule has 0 rings (SSSR count). The van der Waals surface area contributed by atoms with E-state index in [1.807, 2.05) is 32.1 Å². The predicted octanol–water partition coefficient (Wildman–Crippen LogP) is 6.57. The monoisotopic (exact) mass is 317 g/mol. The Kier molecular flexibility index (Phi) is 21.7. The van der Waals surface area contributed by atoms with Crippen molar-refractivity contribution in [3.8, 4) is 0 Å². The summed E-state index contributed by atoms with van der Waals surface area (Å²) in [6.07, 6.45) is 11.4. The molecular formula is C19H40ClN. The van der Waals surface area contributed by atoms with Gasteiger partial charge in [0.1, 0.15) is 0 Å². The maximum atomic E-state index is 5.49. The van der Waals surface area contributed by atoms with Crippen molar-refractivity contribution in [2.75, 3.05) is 12.9 Å². The summed E-state index contributed by atoms with van der Waals surface area (Å²) in [5.41, 5.74) is 6.28. The van der Waals surface area contributed by atoms with Crippen molar-refractivity contribution in [2.24, 2.45) is 17.1 Å². The van der Waals surface area contributed by atoms with Crippen molar-refractivity contribution >= 4 is 11.6 Å². The minimum atomic E-state index is 0.582. The molecule has 1 nitrogen and oxygen atoms in total. The Labute approximate surface area is 140 Å². The molecule has 128 valence electrons. The van der Waals surface area contributed by atoms with Gasteiger partial charge in [-0.1, -0.05) is 71.3 Å². The molecule has 0 saturated heterocycles. The smallest absolute Gasteiger partial charge is 0.0433 e. The van der Waals surface area contributed by atoms with Crippen LogP contribution in [0.25, 0.3) is 0 Å². The second kappa shape index (κ2) is 17.8. The lowest BCUT2D eigenvalue weighted by molar-refractivity contribution is 0.279. The average Bonchev–Trinajstić information content (AvgIpc) is 2.45. The molecule has 0 unspecified atom stereocenters. The summed E-state index contributed by atoms with van der Waals surface area (Å²) in [5, 5.41) is 0. The highest BCUT2D eigenvalue weighted by molar-refractivity contribution is 6.19. The fraction of sp³-hybridized carbons (Fsp3) is 0.789. The molecule has 0 aliphatic heterocycles. The van der Waals surface area contributed by atoms with E-state index >= 15 is 0 Å². The third-order valence-electron chi connectivity index (χ3n) is 3.11. The van der Waals surface area contributed by atoms with E-state index in [1.165, 1.54) is 38.3 Å². The fourth-order valence-electron chi connectivity index (χ4n) is 1.79. The predicted molar refractivity (Wildman–Crippen MR) is 102 cm³/mol. The average molecular weight is 318 g/mol. The number of allylic oxidation sites excluding steroid dienone is 4. The van der Waals surface area contributed by atoms with E-state index in [0.29, 0.717) is 11.3 Å². The molecule has 0 fully saturated rings. The summed E-state index contributed by atoms with van der Waals surface area (Å²) in [7, 11) is 1.50. The first-order chi connectivity index (χ1) is 9.79. The number of hydrogen-bond acceptors (Lipinski definition) is 1. The lowest BCUT2D eigenvalue weighted by Gasteiger charge is -2.24. The van der Waals surface area contributed by atoms with Crippen LogP contribution in [-0.2, 0) is 0 Å². The molecule has 0 aromatic heterocycles. The Balaban J connectivity index is -0.000000286. The van der Waals surface area contributed by atoms with Crippen LogP contribution in [0.3, 0.4) is 0 Å². The van der Waals surface area contributed by atoms with Gasteiger partial charge in [-0.05, 0) is 45.1 Å². The summed E-state index contributed by atoms with van der Waals surface area (Å²) >= 11 is 5.49. The Bertz CT molecular complexity index is 252. The van der Waals surface area contributed by atoms with Gasteiger partial charge < -0.3 is 5.73 Å². The summed E-state index contributed by atoms with van der Waals surface area (Å²) in [5.74, 6) is 1.50. The van der Waals surface area contributed by atoms with E-state index < -0.39 is 0 Å². The van der Waals surface area contributed by atoms with E-state index in [9.17, 15) is 0 Å². The largest absolute Gasteiger partial charge is 0.333 e. The Hall–Kier alpha value is -0.270. The first-order valence-corrected chi connectivity index (χ1v) is 8.74. The van der Waals surface area contributed by atoms with Crippen LogP contribution in [0.2, 0.25) is 0 Å². The van der Waals surface area contributed by atoms with Crippen LogP contribution >= 0.6 is 11.6 Å². The van der Waals surface area contributed by atoms with Gasteiger partial charge in [-0.15, -0.1) is 11.6 Å². The molecule has 0 aromatic carbocycles. The van der Waals surface area contributed by atoms with E-state index in [4.69, 9.17) is 11.6 Å². The van der Waals surface area contributed by atoms with E-state index in [2.05, 4.69) is 40.4 Å². The Morgan fingerprint density at radius 2 is 1.71 bits per heavy atom. The first-order valence-electron chi connectivity index (χ1n) is 8.21. The number of hydrogen-bond donors (Lipinski definition) is 1. The summed E-state index contributed by atoms with van der Waals surface area (Å²) < 4.78 is 0. The van der Waals surface area contributed by atoms with Crippen molar-refractivity contribution in [1.82, 2.24) is 0 Å². The summed E-state index contributed by atoms with van der Waals surface area (Å²) in [6, 6.07) is 0. The van der Waals surface area contributed by atoms with Crippen LogP contribution in [0.5, 0.6) is 0 Å².